The summed E-state index contributed by atoms with van der Waals surface area (Å²) in [5, 5.41) is 28.8. The van der Waals surface area contributed by atoms with Gasteiger partial charge in [0, 0.05) is 42.7 Å². The molecule has 1 atom stereocenters. The topological polar surface area (TPSA) is 193 Å². The minimum atomic E-state index is -1.52. The van der Waals surface area contributed by atoms with Gasteiger partial charge in [-0.1, -0.05) is 12.1 Å². The molecule has 0 aliphatic carbocycles. The van der Waals surface area contributed by atoms with Crippen LogP contribution in [0, 0.1) is 10.1 Å². The maximum Gasteiger partial charge on any atom is 0.276 e. The van der Waals surface area contributed by atoms with Gasteiger partial charge in [-0.2, -0.15) is 5.10 Å². The van der Waals surface area contributed by atoms with Crippen LogP contribution in [0.15, 0.2) is 76.9 Å². The number of aliphatic hydroxyl groups excluding tert-OH is 1. The number of hydrazone groups is 1. The lowest BCUT2D eigenvalue weighted by Gasteiger charge is -2.15. The number of anilines is 1. The fourth-order valence-electron chi connectivity index (χ4n) is 3.39. The van der Waals surface area contributed by atoms with Gasteiger partial charge in [-0.3, -0.25) is 29.5 Å². The van der Waals surface area contributed by atoms with E-state index < -0.39 is 22.5 Å². The van der Waals surface area contributed by atoms with Gasteiger partial charge >= 0.3 is 0 Å². The molecule has 4 rings (SSSR count). The van der Waals surface area contributed by atoms with E-state index in [9.17, 15) is 29.6 Å². The molecule has 37 heavy (non-hydrogen) atoms. The molecule has 0 saturated heterocycles. The van der Waals surface area contributed by atoms with Crippen molar-refractivity contribution < 1.29 is 19.6 Å². The van der Waals surface area contributed by atoms with Crippen LogP contribution in [-0.2, 0) is 4.79 Å². The highest BCUT2D eigenvalue weighted by atomic mass is 16.6. The van der Waals surface area contributed by atoms with Crippen molar-refractivity contribution in [2.45, 2.75) is 13.0 Å². The quantitative estimate of drug-likeness (QED) is 0.168. The van der Waals surface area contributed by atoms with E-state index in [1.165, 1.54) is 55.7 Å². The number of nitrogens with zero attached hydrogens (tertiary/aromatic N) is 4. The van der Waals surface area contributed by atoms with Crippen molar-refractivity contribution in [3.63, 3.8) is 0 Å². The molecule has 0 radical (unpaired) electrons. The van der Waals surface area contributed by atoms with Gasteiger partial charge in [-0.05, 0) is 35.9 Å². The summed E-state index contributed by atoms with van der Waals surface area (Å²) in [4.78, 5) is 57.8. The lowest BCUT2D eigenvalue weighted by atomic mass is 10.0. The van der Waals surface area contributed by atoms with Crippen molar-refractivity contribution in [3.05, 3.63) is 104 Å². The number of rotatable bonds is 7. The third-order valence-corrected chi connectivity index (χ3v) is 5.16. The Kier molecular flexibility index (Phi) is 7.06. The minimum absolute atomic E-state index is 0.109. The smallest absolute Gasteiger partial charge is 0.276 e. The Morgan fingerprint density at radius 3 is 2.46 bits per heavy atom. The Morgan fingerprint density at radius 1 is 1.11 bits per heavy atom. The molecular weight excluding hydrogens is 482 g/mol. The first-order valence-corrected chi connectivity index (χ1v) is 10.8. The molecule has 0 bridgehead atoms. The number of non-ortho nitro benzene ring substituents is 1. The number of carbonyl (C=O) groups is 2. The van der Waals surface area contributed by atoms with Crippen LogP contribution in [0.5, 0.6) is 0 Å². The molecule has 0 saturated carbocycles. The molecule has 0 fully saturated rings. The van der Waals surface area contributed by atoms with Crippen molar-refractivity contribution in [1.82, 2.24) is 20.4 Å². The number of H-pyrrole nitrogens is 1. The average Bonchev–Trinajstić information content (AvgIpc) is 2.89. The molecule has 13 nitrogen and oxygen atoms in total. The third-order valence-electron chi connectivity index (χ3n) is 5.16. The van der Waals surface area contributed by atoms with Gasteiger partial charge in [-0.25, -0.2) is 10.4 Å². The number of aliphatic hydroxyl groups is 1. The van der Waals surface area contributed by atoms with Crippen LogP contribution in [-0.4, -0.2) is 42.5 Å². The van der Waals surface area contributed by atoms with Crippen molar-refractivity contribution in [3.8, 4) is 0 Å². The monoisotopic (exact) mass is 501 g/mol. The van der Waals surface area contributed by atoms with Crippen LogP contribution in [0.25, 0.3) is 11.0 Å². The summed E-state index contributed by atoms with van der Waals surface area (Å²) in [5.41, 5.74) is 1.99. The van der Waals surface area contributed by atoms with E-state index in [2.05, 4.69) is 30.8 Å². The largest absolute Gasteiger partial charge is 0.382 e. The maximum atomic E-state index is 12.9. The predicted octanol–water partition coefficient (Wildman–Crippen LogP) is 2.05. The molecule has 0 spiro atoms. The average molecular weight is 501 g/mol. The molecule has 13 heteroatoms. The molecule has 0 aliphatic rings. The van der Waals surface area contributed by atoms with Crippen LogP contribution in [0.2, 0.25) is 0 Å². The van der Waals surface area contributed by atoms with E-state index in [0.29, 0.717) is 5.69 Å². The number of carbonyl (C=O) groups excluding carboxylic acids is 2. The van der Waals surface area contributed by atoms with Gasteiger partial charge in [-0.15, -0.1) is 0 Å². The first kappa shape index (κ1) is 24.8. The number of hydrogen-bond donors (Lipinski definition) is 4. The summed E-state index contributed by atoms with van der Waals surface area (Å²) in [6.07, 6.45) is 1.31. The molecule has 0 aliphatic heterocycles. The standard InChI is InChI=1S/C24H19N7O6/c1-13(32)26-16-4-2-14(3-5-16)22(33)20(29-30-23(34)15-8-10-25-11-9-15)21-24(35)28-19-12-17(31(36)37)6-7-18(19)27-21/h2-12,22,33H,1H3,(H,26,32)(H,28,35)(H,30,34)/b29-20+. The van der Waals surface area contributed by atoms with Gasteiger partial charge in [0.15, 0.2) is 5.69 Å². The van der Waals surface area contributed by atoms with E-state index in [0.717, 1.165) is 6.07 Å². The normalized spacial score (nSPS) is 12.1. The fourth-order valence-corrected chi connectivity index (χ4v) is 3.39. The number of nitro groups is 1. The summed E-state index contributed by atoms with van der Waals surface area (Å²) in [6, 6.07) is 12.7. The Hall–Kier alpha value is -5.30. The lowest BCUT2D eigenvalue weighted by Crippen LogP contribution is -2.29. The Bertz CT molecular complexity index is 1580. The van der Waals surface area contributed by atoms with Crippen molar-refractivity contribution in [2.24, 2.45) is 5.10 Å². The van der Waals surface area contributed by atoms with E-state index in [-0.39, 0.29) is 45.2 Å². The van der Waals surface area contributed by atoms with Crippen LogP contribution < -0.4 is 16.3 Å². The van der Waals surface area contributed by atoms with E-state index >= 15 is 0 Å². The number of benzene rings is 2. The number of nitro benzene ring substituents is 1. The van der Waals surface area contributed by atoms with Crippen LogP contribution >= 0.6 is 0 Å². The van der Waals surface area contributed by atoms with Gasteiger partial charge in [0.1, 0.15) is 11.8 Å². The molecule has 2 heterocycles. The highest BCUT2D eigenvalue weighted by molar-refractivity contribution is 6.04. The Labute approximate surface area is 208 Å². The van der Waals surface area contributed by atoms with Gasteiger partial charge in [0.2, 0.25) is 5.91 Å². The number of pyridine rings is 1. The second-order valence-electron chi connectivity index (χ2n) is 7.75. The van der Waals surface area contributed by atoms with Crippen molar-refractivity contribution in [2.75, 3.05) is 5.32 Å². The first-order valence-electron chi connectivity index (χ1n) is 10.8. The number of nitrogens with one attached hydrogen (secondary N) is 3. The summed E-state index contributed by atoms with van der Waals surface area (Å²) < 4.78 is 0. The summed E-state index contributed by atoms with van der Waals surface area (Å²) in [5.74, 6) is -0.901. The predicted molar refractivity (Wildman–Crippen MR) is 133 cm³/mol. The van der Waals surface area contributed by atoms with E-state index in [1.54, 1.807) is 12.1 Å². The summed E-state index contributed by atoms with van der Waals surface area (Å²) in [6.45, 7) is 1.35. The third kappa shape index (κ3) is 5.68. The van der Waals surface area contributed by atoms with Crippen LogP contribution in [0.4, 0.5) is 11.4 Å². The molecule has 4 N–H and O–H groups in total. The molecule has 186 valence electrons. The summed E-state index contributed by atoms with van der Waals surface area (Å²) >= 11 is 0. The van der Waals surface area contributed by atoms with Crippen molar-refractivity contribution in [1.29, 1.82) is 0 Å². The highest BCUT2D eigenvalue weighted by Gasteiger charge is 2.24. The number of aromatic amines is 1. The Morgan fingerprint density at radius 2 is 1.81 bits per heavy atom. The number of amides is 2. The molecular formula is C24H19N7O6. The van der Waals surface area contributed by atoms with Gasteiger partial charge in [0.25, 0.3) is 17.2 Å². The number of fused-ring (bicyclic) bond motifs is 1. The van der Waals surface area contributed by atoms with Crippen molar-refractivity contribution >= 4 is 39.9 Å². The lowest BCUT2D eigenvalue weighted by molar-refractivity contribution is -0.384. The zero-order chi connectivity index (χ0) is 26.5. The van der Waals surface area contributed by atoms with Crippen LogP contribution in [0.3, 0.4) is 0 Å². The molecule has 2 aromatic heterocycles. The van der Waals surface area contributed by atoms with E-state index in [4.69, 9.17) is 0 Å². The molecule has 1 unspecified atom stereocenters. The zero-order valence-corrected chi connectivity index (χ0v) is 19.2. The van der Waals surface area contributed by atoms with Gasteiger partial charge < -0.3 is 15.4 Å². The first-order chi connectivity index (χ1) is 17.7. The highest BCUT2D eigenvalue weighted by Crippen LogP contribution is 2.22. The van der Waals surface area contributed by atoms with E-state index in [1.807, 2.05) is 0 Å². The van der Waals surface area contributed by atoms with Crippen LogP contribution in [0.1, 0.15) is 34.6 Å². The fraction of sp³-hybridized carbons (Fsp3) is 0.0833. The Balaban J connectivity index is 1.77. The second-order valence-corrected chi connectivity index (χ2v) is 7.75. The maximum absolute atomic E-state index is 12.9. The zero-order valence-electron chi connectivity index (χ0n) is 19.2. The minimum Gasteiger partial charge on any atom is -0.382 e. The van der Waals surface area contributed by atoms with Gasteiger partial charge in [0.05, 0.1) is 16.0 Å². The summed E-state index contributed by atoms with van der Waals surface area (Å²) in [7, 11) is 0. The number of aromatic nitrogens is 3. The molecule has 2 aromatic carbocycles. The molecule has 4 aromatic rings. The SMILES string of the molecule is CC(=O)Nc1ccc(C(O)/C(=N/NC(=O)c2ccncc2)c2nc3ccc([N+](=O)[O-])cc3[nH]c2=O)cc1. The molecule has 2 amide bonds. The second kappa shape index (κ2) is 10.5. The number of hydrogen-bond acceptors (Lipinski definition) is 9.